The van der Waals surface area contributed by atoms with E-state index in [1.807, 2.05) is 25.2 Å². The minimum absolute atomic E-state index is 0.0523. The molecule has 1 amide bonds. The van der Waals surface area contributed by atoms with Crippen molar-refractivity contribution in [3.8, 4) is 0 Å². The average molecular weight is 396 g/mol. The quantitative estimate of drug-likeness (QED) is 0.715. The number of hydrogen-bond acceptors (Lipinski definition) is 4. The van der Waals surface area contributed by atoms with Crippen LogP contribution in [0.25, 0.3) is 10.2 Å². The molecular formula is C22H25N3O2S. The van der Waals surface area contributed by atoms with Crippen molar-refractivity contribution in [3.05, 3.63) is 62.0 Å². The molecule has 2 aromatic heterocycles. The molecule has 2 heterocycles. The largest absolute Gasteiger partial charge is 0.341 e. The number of amides is 1. The summed E-state index contributed by atoms with van der Waals surface area (Å²) in [6.45, 7) is 2.64. The van der Waals surface area contributed by atoms with Gasteiger partial charge in [0.05, 0.1) is 5.39 Å². The third-order valence-corrected chi connectivity index (χ3v) is 6.73. The standard InChI is InChI=1S/C22H25N3O2S/c1-14-7-3-4-8-15(14)13-25(2)19(26)12-11-18-23-21(27)20-16-9-5-6-10-17(16)28-22(20)24-18/h3-4,7-8H,5-6,9-13H2,1-2H3,(H,23,24,27). The fourth-order valence-electron chi connectivity index (χ4n) is 3.87. The van der Waals surface area contributed by atoms with Crippen molar-refractivity contribution < 1.29 is 4.79 Å². The lowest BCUT2D eigenvalue weighted by molar-refractivity contribution is -0.130. The van der Waals surface area contributed by atoms with Crippen LogP contribution in [0.15, 0.2) is 29.1 Å². The Balaban J connectivity index is 1.46. The Morgan fingerprint density at radius 1 is 1.25 bits per heavy atom. The lowest BCUT2D eigenvalue weighted by atomic mass is 9.97. The molecule has 0 spiro atoms. The summed E-state index contributed by atoms with van der Waals surface area (Å²) in [6.07, 6.45) is 5.13. The van der Waals surface area contributed by atoms with E-state index in [4.69, 9.17) is 0 Å². The van der Waals surface area contributed by atoms with Crippen molar-refractivity contribution in [2.24, 2.45) is 0 Å². The van der Waals surface area contributed by atoms with Crippen molar-refractivity contribution in [3.63, 3.8) is 0 Å². The summed E-state index contributed by atoms with van der Waals surface area (Å²) in [5.74, 6) is 0.658. The number of thiophene rings is 1. The molecule has 0 unspecified atom stereocenters. The van der Waals surface area contributed by atoms with Crippen LogP contribution in [-0.4, -0.2) is 27.8 Å². The Labute approximate surface area is 168 Å². The van der Waals surface area contributed by atoms with Gasteiger partial charge in [-0.15, -0.1) is 11.3 Å². The van der Waals surface area contributed by atoms with Gasteiger partial charge in [-0.25, -0.2) is 4.98 Å². The number of aromatic amines is 1. The topological polar surface area (TPSA) is 66.1 Å². The second-order valence-corrected chi connectivity index (χ2v) is 8.66. The van der Waals surface area contributed by atoms with Gasteiger partial charge in [-0.1, -0.05) is 24.3 Å². The van der Waals surface area contributed by atoms with E-state index in [-0.39, 0.29) is 11.5 Å². The fraction of sp³-hybridized carbons (Fsp3) is 0.409. The molecule has 0 bridgehead atoms. The summed E-state index contributed by atoms with van der Waals surface area (Å²) in [4.78, 5) is 36.6. The Kier molecular flexibility index (Phi) is 5.31. The number of carbonyl (C=O) groups excluding carboxylic acids is 1. The first-order chi connectivity index (χ1) is 13.5. The van der Waals surface area contributed by atoms with Crippen LogP contribution in [0.4, 0.5) is 0 Å². The number of nitrogens with one attached hydrogen (secondary N) is 1. The molecule has 3 aromatic rings. The third kappa shape index (κ3) is 3.74. The summed E-state index contributed by atoms with van der Waals surface area (Å²) < 4.78 is 0. The predicted molar refractivity (Wildman–Crippen MR) is 113 cm³/mol. The highest BCUT2D eigenvalue weighted by molar-refractivity contribution is 7.18. The first-order valence-corrected chi connectivity index (χ1v) is 10.7. The number of hydrogen-bond donors (Lipinski definition) is 1. The van der Waals surface area contributed by atoms with E-state index < -0.39 is 0 Å². The minimum atomic E-state index is -0.0555. The van der Waals surface area contributed by atoms with E-state index in [0.29, 0.717) is 25.2 Å². The molecule has 28 heavy (non-hydrogen) atoms. The predicted octanol–water partition coefficient (Wildman–Crippen LogP) is 3.76. The summed E-state index contributed by atoms with van der Waals surface area (Å²) in [7, 11) is 1.82. The molecular weight excluding hydrogens is 370 g/mol. The van der Waals surface area contributed by atoms with Crippen molar-refractivity contribution in [2.45, 2.75) is 52.0 Å². The lowest BCUT2D eigenvalue weighted by Gasteiger charge is -2.18. The van der Waals surface area contributed by atoms with Crippen molar-refractivity contribution >= 4 is 27.5 Å². The third-order valence-electron chi connectivity index (χ3n) is 5.54. The zero-order chi connectivity index (χ0) is 19.7. The number of H-pyrrole nitrogens is 1. The molecule has 0 saturated carbocycles. The summed E-state index contributed by atoms with van der Waals surface area (Å²) in [5.41, 5.74) is 3.47. The molecule has 1 aliphatic rings. The Bertz CT molecular complexity index is 1080. The van der Waals surface area contributed by atoms with Crippen molar-refractivity contribution in [2.75, 3.05) is 7.05 Å². The highest BCUT2D eigenvalue weighted by Crippen LogP contribution is 2.33. The zero-order valence-electron chi connectivity index (χ0n) is 16.4. The lowest BCUT2D eigenvalue weighted by Crippen LogP contribution is -2.27. The van der Waals surface area contributed by atoms with Crippen LogP contribution in [0.1, 0.15) is 46.7 Å². The van der Waals surface area contributed by atoms with E-state index >= 15 is 0 Å². The van der Waals surface area contributed by atoms with E-state index in [1.165, 1.54) is 22.4 Å². The maximum atomic E-state index is 12.6. The molecule has 1 aliphatic carbocycles. The highest BCUT2D eigenvalue weighted by atomic mass is 32.1. The fourth-order valence-corrected chi connectivity index (χ4v) is 5.16. The normalized spacial score (nSPS) is 13.5. The zero-order valence-corrected chi connectivity index (χ0v) is 17.2. The van der Waals surface area contributed by atoms with Gasteiger partial charge in [-0.05, 0) is 49.3 Å². The molecule has 0 fully saturated rings. The highest BCUT2D eigenvalue weighted by Gasteiger charge is 2.20. The van der Waals surface area contributed by atoms with Crippen molar-refractivity contribution in [1.29, 1.82) is 0 Å². The molecule has 0 atom stereocenters. The minimum Gasteiger partial charge on any atom is -0.341 e. The van der Waals surface area contributed by atoms with Crippen LogP contribution in [0.5, 0.6) is 0 Å². The summed E-state index contributed by atoms with van der Waals surface area (Å²) >= 11 is 1.65. The molecule has 0 aliphatic heterocycles. The van der Waals surface area contributed by atoms with Crippen LogP contribution in [0.2, 0.25) is 0 Å². The number of aromatic nitrogens is 2. The number of nitrogens with zero attached hydrogens (tertiary/aromatic N) is 2. The summed E-state index contributed by atoms with van der Waals surface area (Å²) in [5, 5.41) is 0.770. The number of aryl methyl sites for hydroxylation is 4. The molecule has 146 valence electrons. The van der Waals surface area contributed by atoms with Crippen LogP contribution < -0.4 is 5.56 Å². The second kappa shape index (κ2) is 7.87. The molecule has 5 nitrogen and oxygen atoms in total. The van der Waals surface area contributed by atoms with Gasteiger partial charge in [-0.3, -0.25) is 9.59 Å². The first kappa shape index (κ1) is 18.9. The number of rotatable bonds is 5. The number of benzene rings is 1. The van der Waals surface area contributed by atoms with Gasteiger partial charge in [-0.2, -0.15) is 0 Å². The maximum absolute atomic E-state index is 12.6. The smallest absolute Gasteiger partial charge is 0.259 e. The summed E-state index contributed by atoms with van der Waals surface area (Å²) in [6, 6.07) is 8.09. The Morgan fingerprint density at radius 2 is 2.04 bits per heavy atom. The Hall–Kier alpha value is -2.47. The maximum Gasteiger partial charge on any atom is 0.259 e. The van der Waals surface area contributed by atoms with Gasteiger partial charge >= 0.3 is 0 Å². The number of carbonyl (C=O) groups is 1. The van der Waals surface area contributed by atoms with Gasteiger partial charge in [0.25, 0.3) is 5.56 Å². The molecule has 1 N–H and O–H groups in total. The van der Waals surface area contributed by atoms with Crippen LogP contribution in [-0.2, 0) is 30.6 Å². The SMILES string of the molecule is Cc1ccccc1CN(C)C(=O)CCc1nc2sc3c(c2c(=O)[nH]1)CCCC3. The van der Waals surface area contributed by atoms with Gasteiger partial charge in [0.1, 0.15) is 10.7 Å². The van der Waals surface area contributed by atoms with Crippen LogP contribution in [0.3, 0.4) is 0 Å². The monoisotopic (exact) mass is 395 g/mol. The van der Waals surface area contributed by atoms with E-state index in [0.717, 1.165) is 35.0 Å². The second-order valence-electron chi connectivity index (χ2n) is 7.58. The van der Waals surface area contributed by atoms with Gasteiger partial charge in [0, 0.05) is 31.3 Å². The van der Waals surface area contributed by atoms with Gasteiger partial charge < -0.3 is 9.88 Å². The number of fused-ring (bicyclic) bond motifs is 3. The van der Waals surface area contributed by atoms with Crippen LogP contribution >= 0.6 is 11.3 Å². The molecule has 1 aromatic carbocycles. The van der Waals surface area contributed by atoms with E-state index in [2.05, 4.69) is 23.0 Å². The van der Waals surface area contributed by atoms with Crippen LogP contribution in [0, 0.1) is 6.92 Å². The molecule has 0 radical (unpaired) electrons. The Morgan fingerprint density at radius 3 is 2.86 bits per heavy atom. The molecule has 0 saturated heterocycles. The first-order valence-electron chi connectivity index (χ1n) is 9.85. The van der Waals surface area contributed by atoms with Gasteiger partial charge in [0.15, 0.2) is 0 Å². The van der Waals surface area contributed by atoms with E-state index in [9.17, 15) is 9.59 Å². The molecule has 6 heteroatoms. The average Bonchev–Trinajstić information content (AvgIpc) is 3.06. The van der Waals surface area contributed by atoms with Gasteiger partial charge in [0.2, 0.25) is 5.91 Å². The van der Waals surface area contributed by atoms with Crippen molar-refractivity contribution in [1.82, 2.24) is 14.9 Å². The molecule has 4 rings (SSSR count). The van der Waals surface area contributed by atoms with E-state index in [1.54, 1.807) is 16.2 Å².